The number of hydrogen-bond acceptors (Lipinski definition) is 5. The summed E-state index contributed by atoms with van der Waals surface area (Å²) in [6, 6.07) is 2.95. The average molecular weight is 368 g/mol. The van der Waals surface area contributed by atoms with Gasteiger partial charge in [0.1, 0.15) is 6.10 Å². The zero-order valence-corrected chi connectivity index (χ0v) is 11.9. The van der Waals surface area contributed by atoms with Crippen molar-refractivity contribution in [3.05, 3.63) is 21.3 Å². The maximum absolute atomic E-state index is 10.6. The van der Waals surface area contributed by atoms with Crippen molar-refractivity contribution in [1.82, 2.24) is 0 Å². The number of aliphatic hydroxyl groups is 2. The van der Waals surface area contributed by atoms with Gasteiger partial charge in [0.05, 0.1) is 17.8 Å². The van der Waals surface area contributed by atoms with Crippen LogP contribution in [0.5, 0.6) is 11.5 Å². The molecular formula is C11H13IO6. The molecule has 100 valence electrons. The zero-order chi connectivity index (χ0) is 13.9. The maximum atomic E-state index is 10.6. The van der Waals surface area contributed by atoms with Gasteiger partial charge in [0.2, 0.25) is 0 Å². The third-order valence-corrected chi connectivity index (χ3v) is 3.15. The van der Waals surface area contributed by atoms with Gasteiger partial charge in [0, 0.05) is 0 Å². The summed E-state index contributed by atoms with van der Waals surface area (Å²) in [5.74, 6) is -0.651. The molecule has 0 radical (unpaired) electrons. The number of carboxylic acid groups (broad SMARTS) is 1. The molecule has 0 heterocycles. The van der Waals surface area contributed by atoms with Gasteiger partial charge in [0.25, 0.3) is 0 Å². The Kier molecular flexibility index (Phi) is 5.17. The molecule has 0 saturated carbocycles. The Morgan fingerprint density at radius 2 is 1.89 bits per heavy atom. The SMILES string of the molecule is COc1cc(C(O)C(O)C(=O)O)cc(I)c1OC. The molecule has 3 N–H and O–H groups in total. The molecule has 0 aromatic heterocycles. The lowest BCUT2D eigenvalue weighted by molar-refractivity contribution is -0.153. The van der Waals surface area contributed by atoms with Crippen LogP contribution in [0.4, 0.5) is 0 Å². The molecule has 0 spiro atoms. The van der Waals surface area contributed by atoms with Gasteiger partial charge in [-0.1, -0.05) is 0 Å². The summed E-state index contributed by atoms with van der Waals surface area (Å²) in [5.41, 5.74) is 0.243. The number of benzene rings is 1. The van der Waals surface area contributed by atoms with E-state index in [2.05, 4.69) is 0 Å². The highest BCUT2D eigenvalue weighted by atomic mass is 127. The van der Waals surface area contributed by atoms with Crippen LogP contribution in [0.3, 0.4) is 0 Å². The summed E-state index contributed by atoms with van der Waals surface area (Å²) in [6.07, 6.45) is -3.42. The van der Waals surface area contributed by atoms with Gasteiger partial charge in [-0.05, 0) is 40.3 Å². The highest BCUT2D eigenvalue weighted by Gasteiger charge is 2.26. The second-order valence-electron chi connectivity index (χ2n) is 3.47. The van der Waals surface area contributed by atoms with Crippen molar-refractivity contribution in [3.8, 4) is 11.5 Å². The first kappa shape index (κ1) is 15.0. The van der Waals surface area contributed by atoms with E-state index in [1.807, 2.05) is 22.6 Å². The van der Waals surface area contributed by atoms with Crippen molar-refractivity contribution in [1.29, 1.82) is 0 Å². The van der Waals surface area contributed by atoms with Gasteiger partial charge in [-0.15, -0.1) is 0 Å². The second-order valence-corrected chi connectivity index (χ2v) is 4.63. The summed E-state index contributed by atoms with van der Waals surface area (Å²) in [4.78, 5) is 10.6. The first-order valence-corrected chi connectivity index (χ1v) is 6.00. The number of carbonyl (C=O) groups is 1. The summed E-state index contributed by atoms with van der Waals surface area (Å²) in [7, 11) is 2.90. The minimum absolute atomic E-state index is 0.243. The third-order valence-electron chi connectivity index (χ3n) is 2.35. The second kappa shape index (κ2) is 6.21. The molecule has 2 atom stereocenters. The van der Waals surface area contributed by atoms with Crippen LogP contribution in [0.2, 0.25) is 0 Å². The van der Waals surface area contributed by atoms with Crippen molar-refractivity contribution in [2.24, 2.45) is 0 Å². The number of halogens is 1. The molecule has 2 unspecified atom stereocenters. The third kappa shape index (κ3) is 3.03. The predicted octanol–water partition coefficient (Wildman–Crippen LogP) is 0.787. The minimum atomic E-state index is -1.89. The number of aliphatic hydroxyl groups excluding tert-OH is 2. The number of hydrogen-bond donors (Lipinski definition) is 3. The molecule has 0 aliphatic carbocycles. The van der Waals surface area contributed by atoms with E-state index in [9.17, 15) is 15.0 Å². The Labute approximate surface area is 117 Å². The van der Waals surface area contributed by atoms with Crippen molar-refractivity contribution in [3.63, 3.8) is 0 Å². The molecule has 0 aliphatic heterocycles. The number of rotatable bonds is 5. The van der Waals surface area contributed by atoms with E-state index in [1.54, 1.807) is 0 Å². The summed E-state index contributed by atoms with van der Waals surface area (Å²) < 4.78 is 10.8. The maximum Gasteiger partial charge on any atom is 0.335 e. The fourth-order valence-electron chi connectivity index (χ4n) is 1.43. The molecule has 1 aromatic rings. The smallest absolute Gasteiger partial charge is 0.335 e. The highest BCUT2D eigenvalue weighted by molar-refractivity contribution is 14.1. The van der Waals surface area contributed by atoms with Crippen molar-refractivity contribution < 1.29 is 29.6 Å². The first-order chi connectivity index (χ1) is 8.42. The summed E-state index contributed by atoms with van der Waals surface area (Å²) >= 11 is 1.96. The average Bonchev–Trinajstić information content (AvgIpc) is 2.35. The Morgan fingerprint density at radius 3 is 2.33 bits per heavy atom. The standard InChI is InChI=1S/C11H13IO6/c1-17-7-4-5(3-6(12)10(7)18-2)8(13)9(14)11(15)16/h3-4,8-9,13-14H,1-2H3,(H,15,16). The number of aliphatic carboxylic acids is 1. The van der Waals surface area contributed by atoms with Gasteiger partial charge in [-0.3, -0.25) is 0 Å². The lowest BCUT2D eigenvalue weighted by atomic mass is 10.0. The zero-order valence-electron chi connectivity index (χ0n) is 9.75. The molecule has 0 amide bonds. The fraction of sp³-hybridized carbons (Fsp3) is 0.364. The Hall–Kier alpha value is -1.06. The highest BCUT2D eigenvalue weighted by Crippen LogP contribution is 2.35. The molecule has 0 saturated heterocycles. The lowest BCUT2D eigenvalue weighted by Gasteiger charge is -2.17. The van der Waals surface area contributed by atoms with Crippen LogP contribution in [0.1, 0.15) is 11.7 Å². The number of methoxy groups -OCH3 is 2. The Morgan fingerprint density at radius 1 is 1.28 bits per heavy atom. The largest absolute Gasteiger partial charge is 0.493 e. The Bertz CT molecular complexity index is 447. The quantitative estimate of drug-likeness (QED) is 0.665. The van der Waals surface area contributed by atoms with Gasteiger partial charge in [-0.25, -0.2) is 4.79 Å². The van der Waals surface area contributed by atoms with E-state index >= 15 is 0 Å². The normalized spacial score (nSPS) is 13.8. The summed E-state index contributed by atoms with van der Waals surface area (Å²) in [6.45, 7) is 0. The van der Waals surface area contributed by atoms with E-state index in [0.29, 0.717) is 15.1 Å². The van der Waals surface area contributed by atoms with Gasteiger partial charge >= 0.3 is 5.97 Å². The minimum Gasteiger partial charge on any atom is -0.493 e. The Balaban J connectivity index is 3.19. The molecule has 0 bridgehead atoms. The van der Waals surface area contributed by atoms with Crippen LogP contribution in [-0.2, 0) is 4.79 Å². The van der Waals surface area contributed by atoms with Gasteiger partial charge in [0.15, 0.2) is 17.6 Å². The number of ether oxygens (including phenoxy) is 2. The molecule has 6 nitrogen and oxygen atoms in total. The van der Waals surface area contributed by atoms with E-state index in [4.69, 9.17) is 14.6 Å². The summed E-state index contributed by atoms with van der Waals surface area (Å²) in [5, 5.41) is 27.7. The van der Waals surface area contributed by atoms with Crippen LogP contribution >= 0.6 is 22.6 Å². The van der Waals surface area contributed by atoms with E-state index in [-0.39, 0.29) is 5.56 Å². The lowest BCUT2D eigenvalue weighted by Crippen LogP contribution is -2.27. The van der Waals surface area contributed by atoms with Crippen LogP contribution in [-0.4, -0.2) is 41.6 Å². The van der Waals surface area contributed by atoms with Gasteiger partial charge in [-0.2, -0.15) is 0 Å². The monoisotopic (exact) mass is 368 g/mol. The molecule has 0 aliphatic rings. The molecule has 0 fully saturated rings. The van der Waals surface area contributed by atoms with E-state index in [0.717, 1.165) is 0 Å². The van der Waals surface area contributed by atoms with Crippen molar-refractivity contribution in [2.45, 2.75) is 12.2 Å². The van der Waals surface area contributed by atoms with Crippen molar-refractivity contribution >= 4 is 28.6 Å². The molecule has 1 aromatic carbocycles. The number of carboxylic acids is 1. The fourth-order valence-corrected chi connectivity index (χ4v) is 2.27. The van der Waals surface area contributed by atoms with Crippen LogP contribution in [0.15, 0.2) is 12.1 Å². The van der Waals surface area contributed by atoms with Crippen LogP contribution in [0, 0.1) is 3.57 Å². The van der Waals surface area contributed by atoms with E-state index in [1.165, 1.54) is 26.4 Å². The van der Waals surface area contributed by atoms with Crippen LogP contribution in [0.25, 0.3) is 0 Å². The van der Waals surface area contributed by atoms with Crippen molar-refractivity contribution in [2.75, 3.05) is 14.2 Å². The predicted molar refractivity (Wildman–Crippen MR) is 70.9 cm³/mol. The first-order valence-electron chi connectivity index (χ1n) is 4.92. The molecule has 7 heteroatoms. The molecule has 18 heavy (non-hydrogen) atoms. The molecular weight excluding hydrogens is 355 g/mol. The van der Waals surface area contributed by atoms with Gasteiger partial charge < -0.3 is 24.8 Å². The molecule has 1 rings (SSSR count). The topological polar surface area (TPSA) is 96.2 Å². The van der Waals surface area contributed by atoms with E-state index < -0.39 is 18.2 Å². The van der Waals surface area contributed by atoms with Crippen LogP contribution < -0.4 is 9.47 Å².